The predicted molar refractivity (Wildman–Crippen MR) is 67.5 cm³/mol. The molecule has 0 atom stereocenters. The van der Waals surface area contributed by atoms with Gasteiger partial charge < -0.3 is 0 Å². The first-order valence-electron chi connectivity index (χ1n) is 5.69. The highest BCUT2D eigenvalue weighted by Crippen LogP contribution is 2.11. The van der Waals surface area contributed by atoms with Crippen LogP contribution in [0.4, 0.5) is 0 Å². The molecule has 17 heavy (non-hydrogen) atoms. The van der Waals surface area contributed by atoms with Gasteiger partial charge in [-0.1, -0.05) is 36.4 Å². The van der Waals surface area contributed by atoms with Gasteiger partial charge in [0.1, 0.15) is 11.8 Å². The van der Waals surface area contributed by atoms with Gasteiger partial charge in [-0.15, -0.1) is 0 Å². The number of hydrogen-bond donors (Lipinski definition) is 0. The molecule has 0 aliphatic carbocycles. The zero-order valence-electron chi connectivity index (χ0n) is 9.85. The van der Waals surface area contributed by atoms with Gasteiger partial charge in [-0.25, -0.2) is 4.98 Å². The standard InChI is InChI=1S/C15H14N2/c1-12-9-14(15(10-16)17-11-12)8-7-13-5-3-2-4-6-13/h2-6,9,11H,7-8H2,1H3. The lowest BCUT2D eigenvalue weighted by atomic mass is 10.0. The molecule has 2 heteroatoms. The molecule has 1 aromatic heterocycles. The summed E-state index contributed by atoms with van der Waals surface area (Å²) >= 11 is 0. The van der Waals surface area contributed by atoms with E-state index >= 15 is 0 Å². The molecule has 0 aliphatic heterocycles. The van der Waals surface area contributed by atoms with E-state index < -0.39 is 0 Å². The highest BCUT2D eigenvalue weighted by Gasteiger charge is 2.04. The fraction of sp³-hybridized carbons (Fsp3) is 0.200. The molecule has 1 aromatic carbocycles. The van der Waals surface area contributed by atoms with Gasteiger partial charge in [0.15, 0.2) is 0 Å². The summed E-state index contributed by atoms with van der Waals surface area (Å²) in [4.78, 5) is 4.15. The van der Waals surface area contributed by atoms with Crippen LogP contribution in [0.15, 0.2) is 42.6 Å². The van der Waals surface area contributed by atoms with Gasteiger partial charge in [-0.2, -0.15) is 5.26 Å². The number of aryl methyl sites for hydroxylation is 3. The Balaban J connectivity index is 2.14. The molecular formula is C15H14N2. The van der Waals surface area contributed by atoms with Crippen molar-refractivity contribution in [2.75, 3.05) is 0 Å². The quantitative estimate of drug-likeness (QED) is 0.800. The van der Waals surface area contributed by atoms with Crippen LogP contribution in [0.5, 0.6) is 0 Å². The summed E-state index contributed by atoms with van der Waals surface area (Å²) in [7, 11) is 0. The highest BCUT2D eigenvalue weighted by atomic mass is 14.7. The van der Waals surface area contributed by atoms with E-state index in [4.69, 9.17) is 5.26 Å². The van der Waals surface area contributed by atoms with Crippen molar-refractivity contribution >= 4 is 0 Å². The first kappa shape index (κ1) is 11.3. The van der Waals surface area contributed by atoms with Crippen LogP contribution in [0.1, 0.15) is 22.4 Å². The first-order chi connectivity index (χ1) is 8.29. The topological polar surface area (TPSA) is 36.7 Å². The van der Waals surface area contributed by atoms with Crippen LogP contribution in [0, 0.1) is 18.3 Å². The average Bonchev–Trinajstić information content (AvgIpc) is 2.38. The van der Waals surface area contributed by atoms with E-state index in [2.05, 4.69) is 29.3 Å². The molecule has 0 N–H and O–H groups in total. The third kappa shape index (κ3) is 2.92. The minimum absolute atomic E-state index is 0.548. The molecule has 0 unspecified atom stereocenters. The smallest absolute Gasteiger partial charge is 0.143 e. The monoisotopic (exact) mass is 222 g/mol. The summed E-state index contributed by atoms with van der Waals surface area (Å²) in [5, 5.41) is 8.99. The molecule has 0 radical (unpaired) electrons. The summed E-state index contributed by atoms with van der Waals surface area (Å²) in [6.07, 6.45) is 3.55. The van der Waals surface area contributed by atoms with Crippen molar-refractivity contribution in [2.45, 2.75) is 19.8 Å². The van der Waals surface area contributed by atoms with Gasteiger partial charge >= 0.3 is 0 Å². The Hall–Kier alpha value is -2.14. The van der Waals surface area contributed by atoms with Crippen LogP contribution in [-0.2, 0) is 12.8 Å². The molecule has 2 nitrogen and oxygen atoms in total. The fourth-order valence-electron chi connectivity index (χ4n) is 1.84. The maximum absolute atomic E-state index is 8.99. The number of nitriles is 1. The minimum atomic E-state index is 0.548. The summed E-state index contributed by atoms with van der Waals surface area (Å²) in [6, 6.07) is 14.5. The van der Waals surface area contributed by atoms with E-state index in [1.807, 2.05) is 25.1 Å². The van der Waals surface area contributed by atoms with E-state index in [-0.39, 0.29) is 0 Å². The number of hydrogen-bond acceptors (Lipinski definition) is 2. The lowest BCUT2D eigenvalue weighted by Crippen LogP contribution is -1.97. The number of benzene rings is 1. The maximum atomic E-state index is 8.99. The van der Waals surface area contributed by atoms with Crippen molar-refractivity contribution in [1.29, 1.82) is 5.26 Å². The second-order valence-electron chi connectivity index (χ2n) is 4.12. The third-order valence-corrected chi connectivity index (χ3v) is 2.74. The zero-order chi connectivity index (χ0) is 12.1. The molecule has 2 aromatic rings. The van der Waals surface area contributed by atoms with E-state index in [9.17, 15) is 0 Å². The van der Waals surface area contributed by atoms with Crippen molar-refractivity contribution in [3.63, 3.8) is 0 Å². The SMILES string of the molecule is Cc1cnc(C#N)c(CCc2ccccc2)c1. The van der Waals surface area contributed by atoms with E-state index in [1.54, 1.807) is 6.20 Å². The molecule has 0 spiro atoms. The van der Waals surface area contributed by atoms with Crippen LogP contribution < -0.4 is 0 Å². The van der Waals surface area contributed by atoms with Crippen LogP contribution in [0.2, 0.25) is 0 Å². The second-order valence-corrected chi connectivity index (χ2v) is 4.12. The fourth-order valence-corrected chi connectivity index (χ4v) is 1.84. The van der Waals surface area contributed by atoms with Crippen LogP contribution >= 0.6 is 0 Å². The number of aromatic nitrogens is 1. The average molecular weight is 222 g/mol. The Morgan fingerprint density at radius 2 is 1.94 bits per heavy atom. The number of nitrogens with zero attached hydrogens (tertiary/aromatic N) is 2. The van der Waals surface area contributed by atoms with Gasteiger partial charge in [0.2, 0.25) is 0 Å². The highest BCUT2D eigenvalue weighted by molar-refractivity contribution is 5.34. The molecule has 2 rings (SSSR count). The molecule has 0 aliphatic rings. The number of rotatable bonds is 3. The molecule has 0 fully saturated rings. The maximum Gasteiger partial charge on any atom is 0.143 e. The second kappa shape index (κ2) is 5.27. The van der Waals surface area contributed by atoms with Crippen LogP contribution in [0.3, 0.4) is 0 Å². The summed E-state index contributed by atoms with van der Waals surface area (Å²) < 4.78 is 0. The molecular weight excluding hydrogens is 208 g/mol. The summed E-state index contributed by atoms with van der Waals surface area (Å²) in [6.45, 7) is 2.00. The van der Waals surface area contributed by atoms with Crippen molar-refractivity contribution < 1.29 is 0 Å². The summed E-state index contributed by atoms with van der Waals surface area (Å²) in [5.74, 6) is 0. The minimum Gasteiger partial charge on any atom is -0.245 e. The van der Waals surface area contributed by atoms with Gasteiger partial charge in [-0.05, 0) is 36.5 Å². The van der Waals surface area contributed by atoms with E-state index in [0.717, 1.165) is 24.0 Å². The molecule has 0 bridgehead atoms. The van der Waals surface area contributed by atoms with Gasteiger partial charge in [0.25, 0.3) is 0 Å². The van der Waals surface area contributed by atoms with Gasteiger partial charge in [0, 0.05) is 6.20 Å². The Morgan fingerprint density at radius 3 is 2.65 bits per heavy atom. The van der Waals surface area contributed by atoms with Crippen molar-refractivity contribution in [2.24, 2.45) is 0 Å². The van der Waals surface area contributed by atoms with Crippen molar-refractivity contribution in [3.8, 4) is 6.07 Å². The van der Waals surface area contributed by atoms with Gasteiger partial charge in [0.05, 0.1) is 0 Å². The van der Waals surface area contributed by atoms with Crippen molar-refractivity contribution in [1.82, 2.24) is 4.98 Å². The zero-order valence-corrected chi connectivity index (χ0v) is 9.85. The lowest BCUT2D eigenvalue weighted by Gasteiger charge is -2.04. The number of pyridine rings is 1. The molecule has 0 saturated carbocycles. The first-order valence-corrected chi connectivity index (χ1v) is 5.69. The Kier molecular flexibility index (Phi) is 3.52. The molecule has 1 heterocycles. The summed E-state index contributed by atoms with van der Waals surface area (Å²) in [5.41, 5.74) is 3.98. The molecule has 0 saturated heterocycles. The molecule has 84 valence electrons. The third-order valence-electron chi connectivity index (χ3n) is 2.74. The van der Waals surface area contributed by atoms with E-state index in [1.165, 1.54) is 5.56 Å². The van der Waals surface area contributed by atoms with Crippen molar-refractivity contribution in [3.05, 3.63) is 65.0 Å². The van der Waals surface area contributed by atoms with E-state index in [0.29, 0.717) is 5.69 Å². The van der Waals surface area contributed by atoms with Crippen LogP contribution in [0.25, 0.3) is 0 Å². The lowest BCUT2D eigenvalue weighted by molar-refractivity contribution is 0.938. The predicted octanol–water partition coefficient (Wildman–Crippen LogP) is 3.05. The Labute approximate surface area is 102 Å². The van der Waals surface area contributed by atoms with Gasteiger partial charge in [-0.3, -0.25) is 0 Å². The molecule has 0 amide bonds. The normalized spacial score (nSPS) is 9.88. The Bertz CT molecular complexity index is 539. The largest absolute Gasteiger partial charge is 0.245 e. The van der Waals surface area contributed by atoms with Crippen LogP contribution in [-0.4, -0.2) is 4.98 Å². The Morgan fingerprint density at radius 1 is 1.18 bits per heavy atom.